The fraction of sp³-hybridized carbons (Fsp3) is 0.526. The first-order chi connectivity index (χ1) is 11.1. The Morgan fingerprint density at radius 3 is 2.65 bits per heavy atom. The third-order valence-electron chi connectivity index (χ3n) is 5.51. The lowest BCUT2D eigenvalue weighted by Crippen LogP contribution is -2.57. The molecule has 1 aromatic heterocycles. The molecule has 1 amide bonds. The maximum Gasteiger partial charge on any atom is 0.251 e. The molecule has 3 saturated heterocycles. The average Bonchev–Trinajstić information content (AvgIpc) is 2.99. The van der Waals surface area contributed by atoms with E-state index in [1.165, 1.54) is 31.3 Å². The van der Waals surface area contributed by atoms with E-state index in [2.05, 4.69) is 47.0 Å². The molecule has 1 N–H and O–H groups in total. The molecule has 0 spiro atoms. The summed E-state index contributed by atoms with van der Waals surface area (Å²) >= 11 is 0. The minimum absolute atomic E-state index is 0.0714. The van der Waals surface area contributed by atoms with Crippen LogP contribution in [0, 0.1) is 5.92 Å². The summed E-state index contributed by atoms with van der Waals surface area (Å²) in [6.45, 7) is 7.75. The van der Waals surface area contributed by atoms with Crippen molar-refractivity contribution in [1.82, 2.24) is 14.8 Å². The topological polar surface area (TPSA) is 37.3 Å². The third kappa shape index (κ3) is 2.65. The van der Waals surface area contributed by atoms with Crippen molar-refractivity contribution in [3.8, 4) is 0 Å². The van der Waals surface area contributed by atoms with Crippen molar-refractivity contribution >= 4 is 16.8 Å². The third-order valence-corrected chi connectivity index (χ3v) is 5.51. The zero-order chi connectivity index (χ0) is 16.0. The molecule has 3 aliphatic rings. The number of carbonyl (C=O) groups excluding carboxylic acids is 1. The van der Waals surface area contributed by atoms with E-state index in [4.69, 9.17) is 0 Å². The monoisotopic (exact) mass is 311 g/mol. The van der Waals surface area contributed by atoms with Crippen LogP contribution in [0.15, 0.2) is 30.5 Å². The van der Waals surface area contributed by atoms with Gasteiger partial charge in [-0.3, -0.25) is 4.79 Å². The number of rotatable bonds is 3. The summed E-state index contributed by atoms with van der Waals surface area (Å²) < 4.78 is 2.22. The minimum Gasteiger partial charge on any atom is -0.348 e. The van der Waals surface area contributed by atoms with Gasteiger partial charge in [0.1, 0.15) is 0 Å². The van der Waals surface area contributed by atoms with Crippen LogP contribution in [0.4, 0.5) is 0 Å². The lowest BCUT2D eigenvalue weighted by molar-refractivity contribution is 0.0620. The zero-order valence-corrected chi connectivity index (χ0v) is 14.0. The van der Waals surface area contributed by atoms with Gasteiger partial charge in [0, 0.05) is 35.9 Å². The maximum absolute atomic E-state index is 12.7. The lowest BCUT2D eigenvalue weighted by Gasteiger charge is -2.44. The molecule has 0 radical (unpaired) electrons. The van der Waals surface area contributed by atoms with Gasteiger partial charge in [0.15, 0.2) is 0 Å². The number of amides is 1. The van der Waals surface area contributed by atoms with E-state index < -0.39 is 0 Å². The van der Waals surface area contributed by atoms with Crippen molar-refractivity contribution in [2.75, 3.05) is 19.6 Å². The van der Waals surface area contributed by atoms with E-state index in [1.807, 2.05) is 12.1 Å². The molecule has 4 nitrogen and oxygen atoms in total. The van der Waals surface area contributed by atoms with E-state index >= 15 is 0 Å². The van der Waals surface area contributed by atoms with Gasteiger partial charge in [0.25, 0.3) is 5.91 Å². The Labute approximate surface area is 137 Å². The standard InChI is InChI=1S/C19H25N3O/c1-13(2)22-10-7-15-3-4-16(11-18(15)22)19(23)20-17-12-21-8-5-14(17)6-9-21/h3-4,7,10-11,13-14,17H,5-6,8-9,12H2,1-2H3,(H,20,23)/t17-/m0/s1. The second-order valence-corrected chi connectivity index (χ2v) is 7.31. The van der Waals surface area contributed by atoms with Crippen LogP contribution in [-0.2, 0) is 0 Å². The molecular formula is C19H25N3O. The number of hydrogen-bond donors (Lipinski definition) is 1. The zero-order valence-electron chi connectivity index (χ0n) is 14.0. The normalized spacial score (nSPS) is 26.8. The highest BCUT2D eigenvalue weighted by atomic mass is 16.1. The van der Waals surface area contributed by atoms with Crippen LogP contribution < -0.4 is 5.32 Å². The van der Waals surface area contributed by atoms with E-state index in [1.54, 1.807) is 0 Å². The van der Waals surface area contributed by atoms with Crippen LogP contribution in [0.1, 0.15) is 43.1 Å². The van der Waals surface area contributed by atoms with Gasteiger partial charge < -0.3 is 14.8 Å². The number of nitrogens with zero attached hydrogens (tertiary/aromatic N) is 2. The van der Waals surface area contributed by atoms with Gasteiger partial charge >= 0.3 is 0 Å². The Morgan fingerprint density at radius 2 is 2.00 bits per heavy atom. The molecule has 4 heterocycles. The predicted octanol–water partition coefficient (Wildman–Crippen LogP) is 3.05. The van der Waals surface area contributed by atoms with Crippen molar-refractivity contribution in [3.63, 3.8) is 0 Å². The van der Waals surface area contributed by atoms with Crippen molar-refractivity contribution in [2.24, 2.45) is 5.92 Å². The van der Waals surface area contributed by atoms with E-state index in [9.17, 15) is 4.79 Å². The highest BCUT2D eigenvalue weighted by molar-refractivity contribution is 5.98. The summed E-state index contributed by atoms with van der Waals surface area (Å²) in [6, 6.07) is 8.87. The molecule has 1 atom stereocenters. The predicted molar refractivity (Wildman–Crippen MR) is 92.7 cm³/mol. The van der Waals surface area contributed by atoms with Gasteiger partial charge in [-0.2, -0.15) is 0 Å². The summed E-state index contributed by atoms with van der Waals surface area (Å²) in [5.41, 5.74) is 1.91. The van der Waals surface area contributed by atoms with E-state index in [0.717, 1.165) is 17.6 Å². The highest BCUT2D eigenvalue weighted by Gasteiger charge is 2.34. The molecule has 1 aromatic carbocycles. The second-order valence-electron chi connectivity index (χ2n) is 7.31. The van der Waals surface area contributed by atoms with Gasteiger partial charge in [-0.15, -0.1) is 0 Å². The Balaban J connectivity index is 1.56. The number of carbonyl (C=O) groups is 1. The van der Waals surface area contributed by atoms with Crippen LogP contribution in [0.2, 0.25) is 0 Å². The Hall–Kier alpha value is -1.81. The van der Waals surface area contributed by atoms with Crippen molar-refractivity contribution in [1.29, 1.82) is 0 Å². The quantitative estimate of drug-likeness (QED) is 0.946. The van der Waals surface area contributed by atoms with Gasteiger partial charge in [0.2, 0.25) is 0 Å². The van der Waals surface area contributed by atoms with E-state index in [0.29, 0.717) is 18.0 Å². The minimum atomic E-state index is 0.0714. The van der Waals surface area contributed by atoms with Crippen molar-refractivity contribution in [3.05, 3.63) is 36.0 Å². The first-order valence-corrected chi connectivity index (χ1v) is 8.75. The Kier molecular flexibility index (Phi) is 3.64. The molecule has 2 bridgehead atoms. The summed E-state index contributed by atoms with van der Waals surface area (Å²) in [7, 11) is 0. The van der Waals surface area contributed by atoms with Crippen LogP contribution in [0.3, 0.4) is 0 Å². The van der Waals surface area contributed by atoms with Crippen LogP contribution in [0.25, 0.3) is 10.9 Å². The van der Waals surface area contributed by atoms with Crippen LogP contribution in [0.5, 0.6) is 0 Å². The number of benzene rings is 1. The van der Waals surface area contributed by atoms with Gasteiger partial charge in [-0.1, -0.05) is 6.07 Å². The number of hydrogen-bond acceptors (Lipinski definition) is 2. The molecule has 3 aliphatic heterocycles. The largest absolute Gasteiger partial charge is 0.348 e. The van der Waals surface area contributed by atoms with Crippen LogP contribution in [-0.4, -0.2) is 41.1 Å². The molecule has 0 aliphatic carbocycles. The summed E-state index contributed by atoms with van der Waals surface area (Å²) in [5.74, 6) is 0.731. The molecule has 0 unspecified atom stereocenters. The fourth-order valence-corrected chi connectivity index (χ4v) is 4.12. The fourth-order valence-electron chi connectivity index (χ4n) is 4.12. The first-order valence-electron chi connectivity index (χ1n) is 8.75. The van der Waals surface area contributed by atoms with Crippen LogP contribution >= 0.6 is 0 Å². The van der Waals surface area contributed by atoms with Gasteiger partial charge in [-0.05, 0) is 69.3 Å². The highest BCUT2D eigenvalue weighted by Crippen LogP contribution is 2.28. The molecular weight excluding hydrogens is 286 g/mol. The van der Waals surface area contributed by atoms with Gasteiger partial charge in [-0.25, -0.2) is 0 Å². The molecule has 23 heavy (non-hydrogen) atoms. The first kappa shape index (κ1) is 14.8. The SMILES string of the molecule is CC(C)n1ccc2ccc(C(=O)N[C@H]3CN4CCC3CC4)cc21. The summed E-state index contributed by atoms with van der Waals surface area (Å²) in [6.07, 6.45) is 4.55. The second kappa shape index (κ2) is 5.68. The number of nitrogens with one attached hydrogen (secondary N) is 1. The molecule has 2 aromatic rings. The molecule has 4 heteroatoms. The van der Waals surface area contributed by atoms with Crippen molar-refractivity contribution < 1.29 is 4.79 Å². The molecule has 0 saturated carbocycles. The molecule has 3 fully saturated rings. The molecule has 5 rings (SSSR count). The number of piperidine rings is 3. The van der Waals surface area contributed by atoms with Gasteiger partial charge in [0.05, 0.1) is 0 Å². The number of fused-ring (bicyclic) bond motifs is 4. The Morgan fingerprint density at radius 1 is 1.22 bits per heavy atom. The summed E-state index contributed by atoms with van der Waals surface area (Å²) in [4.78, 5) is 15.2. The smallest absolute Gasteiger partial charge is 0.251 e. The summed E-state index contributed by atoms with van der Waals surface area (Å²) in [5, 5.41) is 4.47. The van der Waals surface area contributed by atoms with E-state index in [-0.39, 0.29) is 5.91 Å². The number of aromatic nitrogens is 1. The Bertz CT molecular complexity index is 725. The molecule has 122 valence electrons. The lowest BCUT2D eigenvalue weighted by atomic mass is 9.84. The maximum atomic E-state index is 12.7. The van der Waals surface area contributed by atoms with Crippen molar-refractivity contribution in [2.45, 2.75) is 38.8 Å². The average molecular weight is 311 g/mol.